The van der Waals surface area contributed by atoms with Gasteiger partial charge in [0.25, 0.3) is 0 Å². The van der Waals surface area contributed by atoms with Crippen molar-refractivity contribution in [1.82, 2.24) is 4.90 Å². The van der Waals surface area contributed by atoms with Crippen molar-refractivity contribution in [1.29, 1.82) is 0 Å². The van der Waals surface area contributed by atoms with Crippen LogP contribution in [0.4, 0.5) is 0 Å². The fourth-order valence-corrected chi connectivity index (χ4v) is 2.44. The molecule has 3 heteroatoms. The summed E-state index contributed by atoms with van der Waals surface area (Å²) in [5.74, 6) is 0. The predicted octanol–water partition coefficient (Wildman–Crippen LogP) is 2.60. The first-order chi connectivity index (χ1) is 7.15. The Balaban J connectivity index is 2.54. The van der Waals surface area contributed by atoms with E-state index in [-0.39, 0.29) is 0 Å². The molecule has 2 N–H and O–H groups in total. The molecule has 1 aromatic heterocycles. The maximum Gasteiger partial charge on any atom is 0.0331 e. The van der Waals surface area contributed by atoms with Gasteiger partial charge in [0.1, 0.15) is 0 Å². The van der Waals surface area contributed by atoms with E-state index in [1.165, 1.54) is 15.3 Å². The van der Waals surface area contributed by atoms with Crippen molar-refractivity contribution in [2.75, 3.05) is 13.1 Å². The molecule has 0 spiro atoms. The SMILES string of the molecule is C=C(C)CN(CC)Cc1ccc(CN)s1. The Kier molecular flexibility index (Phi) is 5.02. The molecular formula is C12H20N2S. The Morgan fingerprint density at radius 1 is 1.47 bits per heavy atom. The van der Waals surface area contributed by atoms with Gasteiger partial charge in [0, 0.05) is 29.4 Å². The van der Waals surface area contributed by atoms with Gasteiger partial charge in [-0.2, -0.15) is 0 Å². The van der Waals surface area contributed by atoms with Crippen molar-refractivity contribution in [3.8, 4) is 0 Å². The van der Waals surface area contributed by atoms with E-state index in [9.17, 15) is 0 Å². The highest BCUT2D eigenvalue weighted by molar-refractivity contribution is 7.11. The minimum atomic E-state index is 0.650. The maximum absolute atomic E-state index is 5.59. The normalized spacial score (nSPS) is 10.9. The number of nitrogens with two attached hydrogens (primary N) is 1. The second kappa shape index (κ2) is 6.05. The highest BCUT2D eigenvalue weighted by atomic mass is 32.1. The topological polar surface area (TPSA) is 29.3 Å². The molecule has 0 fully saturated rings. The van der Waals surface area contributed by atoms with Crippen LogP contribution in [0.25, 0.3) is 0 Å². The lowest BCUT2D eigenvalue weighted by atomic mass is 10.3. The van der Waals surface area contributed by atoms with E-state index in [4.69, 9.17) is 5.73 Å². The Morgan fingerprint density at radius 3 is 2.60 bits per heavy atom. The zero-order valence-electron chi connectivity index (χ0n) is 9.62. The summed E-state index contributed by atoms with van der Waals surface area (Å²) in [6, 6.07) is 4.29. The average molecular weight is 224 g/mol. The van der Waals surface area contributed by atoms with Gasteiger partial charge in [-0.3, -0.25) is 4.90 Å². The number of thiophene rings is 1. The summed E-state index contributed by atoms with van der Waals surface area (Å²) in [5, 5.41) is 0. The van der Waals surface area contributed by atoms with Crippen LogP contribution in [0.1, 0.15) is 23.6 Å². The van der Waals surface area contributed by atoms with Gasteiger partial charge in [0.15, 0.2) is 0 Å². The number of likely N-dealkylation sites (N-methyl/N-ethyl adjacent to an activating group) is 1. The van der Waals surface area contributed by atoms with Gasteiger partial charge >= 0.3 is 0 Å². The molecule has 0 bridgehead atoms. The Morgan fingerprint density at radius 2 is 2.13 bits per heavy atom. The lowest BCUT2D eigenvalue weighted by molar-refractivity contribution is 0.307. The molecule has 0 aliphatic rings. The van der Waals surface area contributed by atoms with Crippen molar-refractivity contribution in [2.24, 2.45) is 5.73 Å². The fraction of sp³-hybridized carbons (Fsp3) is 0.500. The van der Waals surface area contributed by atoms with E-state index < -0.39 is 0 Å². The van der Waals surface area contributed by atoms with Gasteiger partial charge < -0.3 is 5.73 Å². The molecule has 0 aromatic carbocycles. The third-order valence-corrected chi connectivity index (χ3v) is 3.33. The van der Waals surface area contributed by atoms with E-state index in [0.29, 0.717) is 6.54 Å². The molecular weight excluding hydrogens is 204 g/mol. The lowest BCUT2D eigenvalue weighted by Gasteiger charge is -2.19. The van der Waals surface area contributed by atoms with Crippen molar-refractivity contribution in [3.63, 3.8) is 0 Å². The standard InChI is InChI=1S/C12H20N2S/c1-4-14(8-10(2)3)9-12-6-5-11(7-13)15-12/h5-6H,2,4,7-9,13H2,1,3H3. The van der Waals surface area contributed by atoms with Crippen LogP contribution in [-0.2, 0) is 13.1 Å². The summed E-state index contributed by atoms with van der Waals surface area (Å²) in [4.78, 5) is 5.03. The molecule has 1 heterocycles. The smallest absolute Gasteiger partial charge is 0.0331 e. The maximum atomic E-state index is 5.59. The number of hydrogen-bond acceptors (Lipinski definition) is 3. The Bertz CT molecular complexity index is 317. The van der Waals surface area contributed by atoms with Crippen LogP contribution in [0, 0.1) is 0 Å². The summed E-state index contributed by atoms with van der Waals surface area (Å²) in [6.45, 7) is 11.9. The highest BCUT2D eigenvalue weighted by Crippen LogP contribution is 2.18. The second-order valence-corrected chi connectivity index (χ2v) is 5.09. The second-order valence-electron chi connectivity index (χ2n) is 3.83. The van der Waals surface area contributed by atoms with Crippen LogP contribution >= 0.6 is 11.3 Å². The van der Waals surface area contributed by atoms with Gasteiger partial charge in [-0.15, -0.1) is 11.3 Å². The van der Waals surface area contributed by atoms with Crippen LogP contribution in [-0.4, -0.2) is 18.0 Å². The number of nitrogens with zero attached hydrogens (tertiary/aromatic N) is 1. The molecule has 1 aromatic rings. The summed E-state index contributed by atoms with van der Waals surface area (Å²) >= 11 is 1.81. The third-order valence-electron chi connectivity index (χ3n) is 2.24. The summed E-state index contributed by atoms with van der Waals surface area (Å²) in [7, 11) is 0. The first-order valence-corrected chi connectivity index (χ1v) is 6.11. The number of hydrogen-bond donors (Lipinski definition) is 1. The van der Waals surface area contributed by atoms with Crippen LogP contribution in [0.15, 0.2) is 24.3 Å². The van der Waals surface area contributed by atoms with Crippen LogP contribution in [0.2, 0.25) is 0 Å². The third kappa shape index (κ3) is 4.16. The fourth-order valence-electron chi connectivity index (χ4n) is 1.50. The van der Waals surface area contributed by atoms with Gasteiger partial charge in [0.05, 0.1) is 0 Å². The zero-order chi connectivity index (χ0) is 11.3. The monoisotopic (exact) mass is 224 g/mol. The molecule has 0 atom stereocenters. The molecule has 0 saturated carbocycles. The van der Waals surface area contributed by atoms with Gasteiger partial charge in [-0.05, 0) is 25.6 Å². The minimum Gasteiger partial charge on any atom is -0.326 e. The molecule has 0 radical (unpaired) electrons. The van der Waals surface area contributed by atoms with Crippen molar-refractivity contribution >= 4 is 11.3 Å². The molecule has 0 aliphatic heterocycles. The summed E-state index contributed by atoms with van der Waals surface area (Å²) in [6.07, 6.45) is 0. The van der Waals surface area contributed by atoms with Crippen LogP contribution in [0.3, 0.4) is 0 Å². The molecule has 15 heavy (non-hydrogen) atoms. The largest absolute Gasteiger partial charge is 0.326 e. The van der Waals surface area contributed by atoms with E-state index in [1.54, 1.807) is 0 Å². The van der Waals surface area contributed by atoms with E-state index in [2.05, 4.69) is 37.5 Å². The summed E-state index contributed by atoms with van der Waals surface area (Å²) in [5.41, 5.74) is 6.81. The van der Waals surface area contributed by atoms with E-state index >= 15 is 0 Å². The first kappa shape index (κ1) is 12.4. The van der Waals surface area contributed by atoms with Crippen molar-refractivity contribution < 1.29 is 0 Å². The van der Waals surface area contributed by atoms with E-state index in [1.807, 2.05) is 11.3 Å². The van der Waals surface area contributed by atoms with E-state index in [0.717, 1.165) is 19.6 Å². The lowest BCUT2D eigenvalue weighted by Crippen LogP contribution is -2.23. The minimum absolute atomic E-state index is 0.650. The van der Waals surface area contributed by atoms with Gasteiger partial charge in [-0.1, -0.05) is 19.1 Å². The molecule has 1 rings (SSSR count). The van der Waals surface area contributed by atoms with Gasteiger partial charge in [-0.25, -0.2) is 0 Å². The molecule has 84 valence electrons. The van der Waals surface area contributed by atoms with Gasteiger partial charge in [0.2, 0.25) is 0 Å². The van der Waals surface area contributed by atoms with Crippen LogP contribution in [0.5, 0.6) is 0 Å². The Hall–Kier alpha value is -0.640. The number of rotatable bonds is 6. The molecule has 0 unspecified atom stereocenters. The summed E-state index contributed by atoms with van der Waals surface area (Å²) < 4.78 is 0. The molecule has 2 nitrogen and oxygen atoms in total. The van der Waals surface area contributed by atoms with Crippen molar-refractivity contribution in [3.05, 3.63) is 34.0 Å². The van der Waals surface area contributed by atoms with Crippen LogP contribution < -0.4 is 5.73 Å². The molecule has 0 amide bonds. The zero-order valence-corrected chi connectivity index (χ0v) is 10.4. The first-order valence-electron chi connectivity index (χ1n) is 5.30. The molecule has 0 saturated heterocycles. The average Bonchev–Trinajstić information content (AvgIpc) is 2.64. The molecule has 0 aliphatic carbocycles. The highest BCUT2D eigenvalue weighted by Gasteiger charge is 2.05. The van der Waals surface area contributed by atoms with Crippen molar-refractivity contribution in [2.45, 2.75) is 26.9 Å². The predicted molar refractivity (Wildman–Crippen MR) is 68.0 cm³/mol. The quantitative estimate of drug-likeness (QED) is 0.753. The Labute approximate surface area is 96.4 Å².